The molecule has 2 rings (SSSR count). The lowest BCUT2D eigenvalue weighted by Crippen LogP contribution is -2.37. The molecule has 3 nitrogen and oxygen atoms in total. The van der Waals surface area contributed by atoms with Crippen LogP contribution in [0.25, 0.3) is 0 Å². The van der Waals surface area contributed by atoms with E-state index in [-0.39, 0.29) is 18.3 Å². The number of rotatable bonds is 1. The van der Waals surface area contributed by atoms with E-state index >= 15 is 0 Å². The summed E-state index contributed by atoms with van der Waals surface area (Å²) in [6.45, 7) is 5.74. The van der Waals surface area contributed by atoms with Crippen LogP contribution >= 0.6 is 12.4 Å². The molecule has 0 atom stereocenters. The molecule has 1 heterocycles. The van der Waals surface area contributed by atoms with Crippen molar-refractivity contribution in [3.63, 3.8) is 0 Å². The van der Waals surface area contributed by atoms with Gasteiger partial charge in [0.25, 0.3) is 5.91 Å². The maximum atomic E-state index is 12.1. The highest BCUT2D eigenvalue weighted by atomic mass is 35.5. The standard InChI is InChI=1S/C12H16N2O.ClH/c1-9-5-3-6-11(10(9)2)12(15)14-8-4-7-13-14;/h3,5-6,13H,4,7-8H2,1-2H3;1H. The van der Waals surface area contributed by atoms with Crippen molar-refractivity contribution in [2.24, 2.45) is 0 Å². The average molecular weight is 241 g/mol. The normalized spacial score (nSPS) is 14.8. The lowest BCUT2D eigenvalue weighted by atomic mass is 10.0. The van der Waals surface area contributed by atoms with Gasteiger partial charge in [-0.15, -0.1) is 12.4 Å². The first kappa shape index (κ1) is 13.0. The van der Waals surface area contributed by atoms with Crippen LogP contribution in [-0.4, -0.2) is 24.0 Å². The lowest BCUT2D eigenvalue weighted by molar-refractivity contribution is 0.0725. The van der Waals surface area contributed by atoms with Gasteiger partial charge in [0.05, 0.1) is 0 Å². The molecule has 0 aromatic heterocycles. The summed E-state index contributed by atoms with van der Waals surface area (Å²) >= 11 is 0. The Balaban J connectivity index is 0.00000128. The average Bonchev–Trinajstić information content (AvgIpc) is 2.74. The van der Waals surface area contributed by atoms with Crippen molar-refractivity contribution in [1.29, 1.82) is 0 Å². The molecular weight excluding hydrogens is 224 g/mol. The highest BCUT2D eigenvalue weighted by Gasteiger charge is 2.20. The predicted molar refractivity (Wildman–Crippen MR) is 66.8 cm³/mol. The Morgan fingerprint density at radius 3 is 2.75 bits per heavy atom. The summed E-state index contributed by atoms with van der Waals surface area (Å²) in [6.07, 6.45) is 1.04. The minimum absolute atomic E-state index is 0. The Bertz CT molecular complexity index is 387. The van der Waals surface area contributed by atoms with Crippen LogP contribution in [0.15, 0.2) is 18.2 Å². The number of carbonyl (C=O) groups excluding carboxylic acids is 1. The van der Waals surface area contributed by atoms with Crippen molar-refractivity contribution < 1.29 is 4.79 Å². The number of hydrogen-bond acceptors (Lipinski definition) is 2. The quantitative estimate of drug-likeness (QED) is 0.815. The molecule has 0 spiro atoms. The fourth-order valence-corrected chi connectivity index (χ4v) is 1.83. The summed E-state index contributed by atoms with van der Waals surface area (Å²) in [4.78, 5) is 12.1. The molecule has 1 aromatic carbocycles. The smallest absolute Gasteiger partial charge is 0.268 e. The van der Waals surface area contributed by atoms with Crippen LogP contribution in [0, 0.1) is 13.8 Å². The van der Waals surface area contributed by atoms with E-state index in [1.807, 2.05) is 32.0 Å². The molecule has 88 valence electrons. The van der Waals surface area contributed by atoms with Gasteiger partial charge in [0.2, 0.25) is 0 Å². The molecule has 1 fully saturated rings. The van der Waals surface area contributed by atoms with E-state index in [9.17, 15) is 4.79 Å². The highest BCUT2D eigenvalue weighted by Crippen LogP contribution is 2.15. The summed E-state index contributed by atoms with van der Waals surface area (Å²) in [5.74, 6) is 0.0914. The molecule has 0 aliphatic carbocycles. The largest absolute Gasteiger partial charge is 0.274 e. The van der Waals surface area contributed by atoms with E-state index < -0.39 is 0 Å². The van der Waals surface area contributed by atoms with Gasteiger partial charge in [-0.05, 0) is 37.5 Å². The molecule has 1 aliphatic rings. The van der Waals surface area contributed by atoms with Gasteiger partial charge in [0.1, 0.15) is 0 Å². The molecule has 1 aliphatic heterocycles. The molecule has 1 amide bonds. The van der Waals surface area contributed by atoms with Crippen LogP contribution in [0.4, 0.5) is 0 Å². The van der Waals surface area contributed by atoms with E-state index in [0.29, 0.717) is 0 Å². The van der Waals surface area contributed by atoms with Gasteiger partial charge in [0.15, 0.2) is 0 Å². The number of carbonyl (C=O) groups is 1. The van der Waals surface area contributed by atoms with Gasteiger partial charge in [-0.25, -0.2) is 5.43 Å². The number of hydrogen-bond donors (Lipinski definition) is 1. The fourth-order valence-electron chi connectivity index (χ4n) is 1.83. The summed E-state index contributed by atoms with van der Waals surface area (Å²) in [5.41, 5.74) is 6.14. The third-order valence-electron chi connectivity index (χ3n) is 2.94. The summed E-state index contributed by atoms with van der Waals surface area (Å²) in [6, 6.07) is 5.86. The Kier molecular flexibility index (Phi) is 4.33. The first-order chi connectivity index (χ1) is 7.20. The van der Waals surface area contributed by atoms with Crippen molar-refractivity contribution in [3.05, 3.63) is 34.9 Å². The molecule has 0 saturated carbocycles. The third-order valence-corrected chi connectivity index (χ3v) is 2.94. The van der Waals surface area contributed by atoms with E-state index in [1.54, 1.807) is 5.01 Å². The minimum Gasteiger partial charge on any atom is -0.274 e. The first-order valence-electron chi connectivity index (χ1n) is 5.32. The van der Waals surface area contributed by atoms with Crippen LogP contribution < -0.4 is 5.43 Å². The number of aryl methyl sites for hydroxylation is 1. The van der Waals surface area contributed by atoms with E-state index in [4.69, 9.17) is 0 Å². The van der Waals surface area contributed by atoms with Gasteiger partial charge >= 0.3 is 0 Å². The van der Waals surface area contributed by atoms with Gasteiger partial charge in [-0.3, -0.25) is 9.80 Å². The Labute approximate surface area is 102 Å². The summed E-state index contributed by atoms with van der Waals surface area (Å²) in [7, 11) is 0. The van der Waals surface area contributed by atoms with Crippen molar-refractivity contribution in [2.45, 2.75) is 20.3 Å². The van der Waals surface area contributed by atoms with Crippen LogP contribution in [0.2, 0.25) is 0 Å². The minimum atomic E-state index is 0. The summed E-state index contributed by atoms with van der Waals surface area (Å²) < 4.78 is 0. The topological polar surface area (TPSA) is 32.3 Å². The van der Waals surface area contributed by atoms with Crippen LogP contribution in [0.5, 0.6) is 0 Å². The van der Waals surface area contributed by atoms with Gasteiger partial charge in [-0.1, -0.05) is 12.1 Å². The Morgan fingerprint density at radius 1 is 1.38 bits per heavy atom. The molecule has 1 N–H and O–H groups in total. The van der Waals surface area contributed by atoms with Crippen LogP contribution in [0.1, 0.15) is 27.9 Å². The Hall–Kier alpha value is -1.06. The second-order valence-electron chi connectivity index (χ2n) is 3.97. The zero-order valence-corrected chi connectivity index (χ0v) is 10.4. The van der Waals surface area contributed by atoms with Crippen molar-refractivity contribution >= 4 is 18.3 Å². The predicted octanol–water partition coefficient (Wildman–Crippen LogP) is 2.08. The number of nitrogens with zero attached hydrogens (tertiary/aromatic N) is 1. The SMILES string of the molecule is Cc1cccc(C(=O)N2CCCN2)c1C.Cl. The molecule has 1 aromatic rings. The summed E-state index contributed by atoms with van der Waals surface area (Å²) in [5, 5.41) is 1.71. The molecule has 4 heteroatoms. The number of nitrogens with one attached hydrogen (secondary N) is 1. The van der Waals surface area contributed by atoms with E-state index in [2.05, 4.69) is 5.43 Å². The molecule has 0 bridgehead atoms. The first-order valence-corrected chi connectivity index (χ1v) is 5.32. The number of hydrazine groups is 1. The third kappa shape index (κ3) is 2.36. The van der Waals surface area contributed by atoms with Crippen LogP contribution in [0.3, 0.4) is 0 Å². The second-order valence-corrected chi connectivity index (χ2v) is 3.97. The van der Waals surface area contributed by atoms with Crippen LogP contribution in [-0.2, 0) is 0 Å². The number of amides is 1. The van der Waals surface area contributed by atoms with E-state index in [0.717, 1.165) is 30.6 Å². The monoisotopic (exact) mass is 240 g/mol. The zero-order valence-electron chi connectivity index (χ0n) is 9.62. The van der Waals surface area contributed by atoms with Gasteiger partial charge < -0.3 is 0 Å². The molecular formula is C12H17ClN2O. The van der Waals surface area contributed by atoms with Crippen molar-refractivity contribution in [3.8, 4) is 0 Å². The molecule has 16 heavy (non-hydrogen) atoms. The fraction of sp³-hybridized carbons (Fsp3) is 0.417. The van der Waals surface area contributed by atoms with Crippen molar-refractivity contribution in [1.82, 2.24) is 10.4 Å². The van der Waals surface area contributed by atoms with E-state index in [1.165, 1.54) is 5.56 Å². The lowest BCUT2D eigenvalue weighted by Gasteiger charge is -2.17. The molecule has 0 radical (unpaired) electrons. The number of benzene rings is 1. The maximum absolute atomic E-state index is 12.1. The van der Waals surface area contributed by atoms with Gasteiger partial charge in [-0.2, -0.15) is 0 Å². The number of halogens is 1. The maximum Gasteiger partial charge on any atom is 0.268 e. The second kappa shape index (κ2) is 5.32. The molecule has 0 unspecified atom stereocenters. The van der Waals surface area contributed by atoms with Crippen molar-refractivity contribution in [2.75, 3.05) is 13.1 Å². The molecule has 1 saturated heterocycles. The highest BCUT2D eigenvalue weighted by molar-refractivity contribution is 5.95. The Morgan fingerprint density at radius 2 is 2.12 bits per heavy atom. The van der Waals surface area contributed by atoms with Gasteiger partial charge in [0, 0.05) is 18.7 Å². The zero-order chi connectivity index (χ0) is 10.8.